The SMILES string of the molecule is CC(C1CC1)N(C)C(=O)CC1(N)CCCC1. The van der Waals surface area contributed by atoms with Gasteiger partial charge in [0, 0.05) is 25.0 Å². The lowest BCUT2D eigenvalue weighted by Gasteiger charge is -2.30. The maximum Gasteiger partial charge on any atom is 0.224 e. The molecule has 1 amide bonds. The van der Waals surface area contributed by atoms with Crippen LogP contribution in [-0.2, 0) is 4.79 Å². The summed E-state index contributed by atoms with van der Waals surface area (Å²) in [7, 11) is 1.93. The molecule has 1 unspecified atom stereocenters. The van der Waals surface area contributed by atoms with Gasteiger partial charge in [0.2, 0.25) is 5.91 Å². The van der Waals surface area contributed by atoms with Crippen molar-refractivity contribution in [1.82, 2.24) is 4.90 Å². The number of nitrogens with two attached hydrogens (primary N) is 1. The minimum Gasteiger partial charge on any atom is -0.343 e. The molecule has 0 aliphatic heterocycles. The molecule has 92 valence electrons. The molecular formula is C13H24N2O. The smallest absolute Gasteiger partial charge is 0.224 e. The van der Waals surface area contributed by atoms with Crippen LogP contribution < -0.4 is 5.73 Å². The maximum absolute atomic E-state index is 12.1. The van der Waals surface area contributed by atoms with Crippen LogP contribution in [0.25, 0.3) is 0 Å². The van der Waals surface area contributed by atoms with E-state index in [1.807, 2.05) is 11.9 Å². The Hall–Kier alpha value is -0.570. The molecule has 0 bridgehead atoms. The van der Waals surface area contributed by atoms with E-state index in [-0.39, 0.29) is 11.4 Å². The highest BCUT2D eigenvalue weighted by molar-refractivity contribution is 5.77. The van der Waals surface area contributed by atoms with Crippen molar-refractivity contribution in [2.75, 3.05) is 7.05 Å². The van der Waals surface area contributed by atoms with E-state index in [0.717, 1.165) is 18.8 Å². The molecular weight excluding hydrogens is 200 g/mol. The Bertz CT molecular complexity index is 267. The lowest BCUT2D eigenvalue weighted by atomic mass is 9.93. The molecule has 1 atom stereocenters. The van der Waals surface area contributed by atoms with Crippen LogP contribution in [0.1, 0.15) is 51.9 Å². The molecule has 16 heavy (non-hydrogen) atoms. The third-order valence-electron chi connectivity index (χ3n) is 4.41. The Morgan fingerprint density at radius 2 is 2.00 bits per heavy atom. The van der Waals surface area contributed by atoms with Crippen LogP contribution in [0.5, 0.6) is 0 Å². The van der Waals surface area contributed by atoms with Crippen molar-refractivity contribution < 1.29 is 4.79 Å². The molecule has 2 N–H and O–H groups in total. The fourth-order valence-electron chi connectivity index (χ4n) is 2.80. The highest BCUT2D eigenvalue weighted by atomic mass is 16.2. The third kappa shape index (κ3) is 2.57. The molecule has 0 aromatic heterocycles. The van der Waals surface area contributed by atoms with Crippen molar-refractivity contribution in [1.29, 1.82) is 0 Å². The molecule has 0 aromatic rings. The second kappa shape index (κ2) is 4.36. The van der Waals surface area contributed by atoms with Crippen molar-refractivity contribution in [3.8, 4) is 0 Å². The first kappa shape index (κ1) is 11.9. The summed E-state index contributed by atoms with van der Waals surface area (Å²) in [5.41, 5.74) is 6.04. The van der Waals surface area contributed by atoms with E-state index in [4.69, 9.17) is 5.73 Å². The fraction of sp³-hybridized carbons (Fsp3) is 0.923. The monoisotopic (exact) mass is 224 g/mol. The minimum atomic E-state index is -0.200. The second-order valence-corrected chi connectivity index (χ2v) is 5.83. The zero-order valence-corrected chi connectivity index (χ0v) is 10.5. The molecule has 2 fully saturated rings. The van der Waals surface area contributed by atoms with Gasteiger partial charge in [0.1, 0.15) is 0 Å². The van der Waals surface area contributed by atoms with E-state index in [1.165, 1.54) is 25.7 Å². The van der Waals surface area contributed by atoms with Crippen molar-refractivity contribution in [2.45, 2.75) is 63.5 Å². The Morgan fingerprint density at radius 3 is 2.50 bits per heavy atom. The van der Waals surface area contributed by atoms with Gasteiger partial charge in [-0.1, -0.05) is 12.8 Å². The van der Waals surface area contributed by atoms with Gasteiger partial charge in [-0.05, 0) is 38.5 Å². The lowest BCUT2D eigenvalue weighted by molar-refractivity contribution is -0.133. The molecule has 0 aromatic carbocycles. The van der Waals surface area contributed by atoms with Crippen molar-refractivity contribution in [3.63, 3.8) is 0 Å². The molecule has 3 heteroatoms. The third-order valence-corrected chi connectivity index (χ3v) is 4.41. The molecule has 2 aliphatic rings. The normalized spacial score (nSPS) is 25.4. The van der Waals surface area contributed by atoms with E-state index >= 15 is 0 Å². The van der Waals surface area contributed by atoms with Gasteiger partial charge in [-0.3, -0.25) is 4.79 Å². The summed E-state index contributed by atoms with van der Waals surface area (Å²) in [6.45, 7) is 2.16. The summed E-state index contributed by atoms with van der Waals surface area (Å²) in [4.78, 5) is 14.0. The van der Waals surface area contributed by atoms with E-state index in [9.17, 15) is 4.79 Å². The first-order chi connectivity index (χ1) is 7.52. The standard InChI is InChI=1S/C13H24N2O/c1-10(11-5-6-11)15(2)12(16)9-13(14)7-3-4-8-13/h10-11H,3-9,14H2,1-2H3. The van der Waals surface area contributed by atoms with Gasteiger partial charge in [-0.25, -0.2) is 0 Å². The first-order valence-corrected chi connectivity index (χ1v) is 6.56. The van der Waals surface area contributed by atoms with Crippen molar-refractivity contribution >= 4 is 5.91 Å². The second-order valence-electron chi connectivity index (χ2n) is 5.83. The number of hydrogen-bond acceptors (Lipinski definition) is 2. The average Bonchev–Trinajstić information content (AvgIpc) is 3.00. The molecule has 2 saturated carbocycles. The number of amides is 1. The summed E-state index contributed by atoms with van der Waals surface area (Å²) in [6.07, 6.45) is 7.52. The molecule has 3 nitrogen and oxygen atoms in total. The van der Waals surface area contributed by atoms with Gasteiger partial charge in [0.25, 0.3) is 0 Å². The van der Waals surface area contributed by atoms with Crippen molar-refractivity contribution in [2.24, 2.45) is 11.7 Å². The van der Waals surface area contributed by atoms with Crippen LogP contribution in [0, 0.1) is 5.92 Å². The summed E-state index contributed by atoms with van der Waals surface area (Å²) in [5.74, 6) is 0.982. The zero-order valence-electron chi connectivity index (χ0n) is 10.5. The van der Waals surface area contributed by atoms with Gasteiger partial charge in [-0.2, -0.15) is 0 Å². The van der Waals surface area contributed by atoms with E-state index in [2.05, 4.69) is 6.92 Å². The molecule has 2 rings (SSSR count). The topological polar surface area (TPSA) is 46.3 Å². The fourth-order valence-corrected chi connectivity index (χ4v) is 2.80. The van der Waals surface area contributed by atoms with Gasteiger partial charge in [0.05, 0.1) is 0 Å². The van der Waals surface area contributed by atoms with E-state index in [1.54, 1.807) is 0 Å². The number of carbonyl (C=O) groups excluding carboxylic acids is 1. The molecule has 0 saturated heterocycles. The predicted octanol–water partition coefficient (Wildman–Crippen LogP) is 1.90. The average molecular weight is 224 g/mol. The van der Waals surface area contributed by atoms with Crippen molar-refractivity contribution in [3.05, 3.63) is 0 Å². The largest absolute Gasteiger partial charge is 0.343 e. The van der Waals surface area contributed by atoms with Crippen LogP contribution >= 0.6 is 0 Å². The molecule has 0 spiro atoms. The molecule has 2 aliphatic carbocycles. The van der Waals surface area contributed by atoms with Crippen LogP contribution in [0.15, 0.2) is 0 Å². The van der Waals surface area contributed by atoms with Gasteiger partial charge < -0.3 is 10.6 Å². The Kier molecular flexibility index (Phi) is 3.24. The Morgan fingerprint density at radius 1 is 1.44 bits per heavy atom. The Labute approximate surface area is 98.4 Å². The summed E-state index contributed by atoms with van der Waals surface area (Å²) >= 11 is 0. The summed E-state index contributed by atoms with van der Waals surface area (Å²) in [5, 5.41) is 0. The molecule has 0 radical (unpaired) electrons. The lowest BCUT2D eigenvalue weighted by Crippen LogP contribution is -2.45. The van der Waals surface area contributed by atoms with E-state index < -0.39 is 0 Å². The van der Waals surface area contributed by atoms with Crippen LogP contribution in [0.3, 0.4) is 0 Å². The minimum absolute atomic E-state index is 0.200. The predicted molar refractivity (Wildman–Crippen MR) is 65.0 cm³/mol. The van der Waals surface area contributed by atoms with Crippen LogP contribution in [0.4, 0.5) is 0 Å². The Balaban J connectivity index is 1.86. The number of rotatable bonds is 4. The highest BCUT2D eigenvalue weighted by Gasteiger charge is 2.36. The van der Waals surface area contributed by atoms with E-state index in [0.29, 0.717) is 12.5 Å². The van der Waals surface area contributed by atoms with Gasteiger partial charge in [-0.15, -0.1) is 0 Å². The number of carbonyl (C=O) groups is 1. The zero-order chi connectivity index (χ0) is 11.8. The molecule has 0 heterocycles. The number of hydrogen-bond donors (Lipinski definition) is 1. The highest BCUT2D eigenvalue weighted by Crippen LogP contribution is 2.36. The van der Waals surface area contributed by atoms with Crippen LogP contribution in [-0.4, -0.2) is 29.4 Å². The van der Waals surface area contributed by atoms with Crippen LogP contribution in [0.2, 0.25) is 0 Å². The summed E-state index contributed by atoms with van der Waals surface area (Å²) in [6, 6.07) is 0.400. The summed E-state index contributed by atoms with van der Waals surface area (Å²) < 4.78 is 0. The van der Waals surface area contributed by atoms with Gasteiger partial charge >= 0.3 is 0 Å². The quantitative estimate of drug-likeness (QED) is 0.793. The first-order valence-electron chi connectivity index (χ1n) is 6.56. The number of nitrogens with zero attached hydrogens (tertiary/aromatic N) is 1. The van der Waals surface area contributed by atoms with Gasteiger partial charge in [0.15, 0.2) is 0 Å². The maximum atomic E-state index is 12.1.